The Bertz CT molecular complexity index is 879. The molecule has 3 aromatic heterocycles. The van der Waals surface area contributed by atoms with Crippen LogP contribution in [0, 0.1) is 23.7 Å². The summed E-state index contributed by atoms with van der Waals surface area (Å²) in [6, 6.07) is 10.6. The summed E-state index contributed by atoms with van der Waals surface area (Å²) in [5, 5.41) is 0. The Morgan fingerprint density at radius 3 is 1.66 bits per heavy atom. The molecule has 4 rings (SSSR count). The maximum absolute atomic E-state index is 4.10. The molecule has 0 atom stereocenters. The second-order valence-electron chi connectivity index (χ2n) is 11.0. The van der Waals surface area contributed by atoms with E-state index in [1.54, 1.807) is 23.9 Å². The summed E-state index contributed by atoms with van der Waals surface area (Å²) >= 11 is 1.74. The molecule has 0 bridgehead atoms. The Labute approximate surface area is 259 Å². The lowest BCUT2D eigenvalue weighted by molar-refractivity contribution is 0.626. The van der Waals surface area contributed by atoms with E-state index in [4.69, 9.17) is 0 Å². The van der Waals surface area contributed by atoms with Crippen molar-refractivity contribution in [2.45, 2.75) is 111 Å². The topological polar surface area (TPSA) is 70.2 Å². The number of benzene rings is 1. The van der Waals surface area contributed by atoms with Gasteiger partial charge in [0, 0.05) is 41.8 Å². The van der Waals surface area contributed by atoms with Crippen molar-refractivity contribution >= 4 is 11.3 Å². The van der Waals surface area contributed by atoms with Crippen LogP contribution in [0.3, 0.4) is 0 Å². The maximum atomic E-state index is 4.10. The van der Waals surface area contributed by atoms with Crippen molar-refractivity contribution in [1.82, 2.24) is 24.9 Å². The van der Waals surface area contributed by atoms with Crippen LogP contribution in [0.4, 0.5) is 0 Å². The molecule has 0 aliphatic rings. The van der Waals surface area contributed by atoms with E-state index in [1.807, 2.05) is 24.1 Å². The summed E-state index contributed by atoms with van der Waals surface area (Å²) in [6.07, 6.45) is 13.7. The van der Waals surface area contributed by atoms with Gasteiger partial charge in [0.1, 0.15) is 5.82 Å². The minimum atomic E-state index is 0. The van der Waals surface area contributed by atoms with Crippen LogP contribution in [0.2, 0.25) is 0 Å². The van der Waals surface area contributed by atoms with Crippen molar-refractivity contribution in [1.29, 1.82) is 0 Å². The molecule has 1 aromatic carbocycles. The van der Waals surface area contributed by atoms with Crippen LogP contribution in [-0.4, -0.2) is 24.9 Å². The third-order valence-corrected chi connectivity index (χ3v) is 5.72. The van der Waals surface area contributed by atoms with Gasteiger partial charge in [0.25, 0.3) is 0 Å². The Hall–Kier alpha value is -2.73. The zero-order valence-corrected chi connectivity index (χ0v) is 25.1. The molecule has 0 saturated carbocycles. The molecule has 0 fully saturated rings. The predicted octanol–water partition coefficient (Wildman–Crippen LogP) is 11.0. The standard InChI is InChI=1S/C10H14.2C7H12N2.C7H11NS.4CH4/c1-9(2)8-10-6-4-3-5-7-10;1-6(2)3-7-4-8-5-9-7;1-6(2)5-7-8-3-4-9-7;1-6(2)3-7-4-8-5-9-7;;;;/h3-7,9H,8H2,1-2H3;4-6H,3H2,1-2H3,(H,8,9);3-4,6H,5H2,1-2H3,(H,8,9);4-6H,3H2,1-2H3;4*1H4. The molecule has 0 saturated heterocycles. The zero-order valence-electron chi connectivity index (χ0n) is 24.2. The maximum Gasteiger partial charge on any atom is 0.106 e. The zero-order chi connectivity index (χ0) is 27.5. The van der Waals surface area contributed by atoms with Crippen molar-refractivity contribution in [3.63, 3.8) is 0 Å². The van der Waals surface area contributed by atoms with E-state index >= 15 is 0 Å². The van der Waals surface area contributed by atoms with Crippen LogP contribution in [-0.2, 0) is 25.7 Å². The number of thiazole rings is 1. The summed E-state index contributed by atoms with van der Waals surface area (Å²) in [5.74, 6) is 4.01. The molecular formula is C35H65N5S. The Kier molecular flexibility index (Phi) is 30.3. The number of H-pyrrole nitrogens is 2. The molecule has 236 valence electrons. The normalized spacial score (nSPS) is 9.46. The second kappa shape index (κ2) is 27.4. The van der Waals surface area contributed by atoms with Gasteiger partial charge in [-0.1, -0.05) is 115 Å². The van der Waals surface area contributed by atoms with Crippen LogP contribution in [0.15, 0.2) is 67.0 Å². The fourth-order valence-electron chi connectivity index (χ4n) is 3.46. The monoisotopic (exact) mass is 587 g/mol. The molecule has 5 nitrogen and oxygen atoms in total. The van der Waals surface area contributed by atoms with E-state index < -0.39 is 0 Å². The summed E-state index contributed by atoms with van der Waals surface area (Å²) < 4.78 is 0. The predicted molar refractivity (Wildman–Crippen MR) is 187 cm³/mol. The Morgan fingerprint density at radius 2 is 1.24 bits per heavy atom. The summed E-state index contributed by atoms with van der Waals surface area (Å²) in [6.45, 7) is 17.7. The van der Waals surface area contributed by atoms with Gasteiger partial charge in [0.05, 0.1) is 11.8 Å². The molecule has 0 aliphatic heterocycles. The van der Waals surface area contributed by atoms with Crippen molar-refractivity contribution in [2.24, 2.45) is 23.7 Å². The largest absolute Gasteiger partial charge is 0.349 e. The van der Waals surface area contributed by atoms with E-state index in [0.717, 1.165) is 30.5 Å². The number of nitrogens with zero attached hydrogens (tertiary/aromatic N) is 3. The molecule has 6 heteroatoms. The first-order valence-electron chi connectivity index (χ1n) is 13.5. The third kappa shape index (κ3) is 25.9. The molecule has 3 heterocycles. The number of aromatic amines is 2. The SMILES string of the molecule is C.C.C.C.CC(C)Cc1ccccc1.CC(C)Cc1cnc[nH]1.CC(C)Cc1cncs1.CC(C)Cc1ncc[nH]1. The first kappa shape index (κ1) is 45.3. The number of nitrogens with one attached hydrogen (secondary N) is 2. The van der Waals surface area contributed by atoms with Crippen LogP contribution in [0.1, 0.15) is 107 Å². The highest BCUT2D eigenvalue weighted by Crippen LogP contribution is 2.11. The number of rotatable bonds is 8. The Morgan fingerprint density at radius 1 is 0.659 bits per heavy atom. The summed E-state index contributed by atoms with van der Waals surface area (Å²) in [7, 11) is 0. The van der Waals surface area contributed by atoms with Crippen LogP contribution >= 0.6 is 11.3 Å². The second-order valence-corrected chi connectivity index (χ2v) is 11.9. The molecular weight excluding hydrogens is 522 g/mol. The van der Waals surface area contributed by atoms with Crippen molar-refractivity contribution < 1.29 is 0 Å². The smallest absolute Gasteiger partial charge is 0.106 e. The van der Waals surface area contributed by atoms with Gasteiger partial charge in [-0.3, -0.25) is 4.98 Å². The first-order chi connectivity index (χ1) is 17.7. The summed E-state index contributed by atoms with van der Waals surface area (Å²) in [5.41, 5.74) is 4.56. The fraction of sp³-hybridized carbons (Fsp3) is 0.571. The molecule has 41 heavy (non-hydrogen) atoms. The lowest BCUT2D eigenvalue weighted by Crippen LogP contribution is -1.95. The lowest BCUT2D eigenvalue weighted by atomic mass is 10.0. The lowest BCUT2D eigenvalue weighted by Gasteiger charge is -2.02. The van der Waals surface area contributed by atoms with E-state index in [1.165, 1.54) is 29.0 Å². The van der Waals surface area contributed by atoms with Crippen molar-refractivity contribution in [3.05, 3.63) is 88.9 Å². The van der Waals surface area contributed by atoms with E-state index in [2.05, 4.69) is 111 Å². The van der Waals surface area contributed by atoms with Gasteiger partial charge >= 0.3 is 0 Å². The van der Waals surface area contributed by atoms with Gasteiger partial charge in [-0.25, -0.2) is 9.97 Å². The Balaban J connectivity index is -0.000000216. The number of hydrogen-bond donors (Lipinski definition) is 2. The van der Waals surface area contributed by atoms with E-state index in [9.17, 15) is 0 Å². The van der Waals surface area contributed by atoms with Crippen LogP contribution in [0.5, 0.6) is 0 Å². The highest BCUT2D eigenvalue weighted by atomic mass is 32.1. The first-order valence-corrected chi connectivity index (χ1v) is 14.4. The minimum Gasteiger partial charge on any atom is -0.349 e. The van der Waals surface area contributed by atoms with Crippen molar-refractivity contribution in [3.8, 4) is 0 Å². The molecule has 0 aliphatic carbocycles. The highest BCUT2D eigenvalue weighted by Gasteiger charge is 1.98. The van der Waals surface area contributed by atoms with Gasteiger partial charge in [-0.05, 0) is 48.5 Å². The van der Waals surface area contributed by atoms with Gasteiger partial charge in [0.15, 0.2) is 0 Å². The van der Waals surface area contributed by atoms with E-state index in [0.29, 0.717) is 11.8 Å². The molecule has 0 radical (unpaired) electrons. The van der Waals surface area contributed by atoms with Crippen molar-refractivity contribution in [2.75, 3.05) is 0 Å². The summed E-state index contributed by atoms with van der Waals surface area (Å²) in [4.78, 5) is 19.5. The van der Waals surface area contributed by atoms with E-state index in [-0.39, 0.29) is 29.7 Å². The molecule has 0 spiro atoms. The average Bonchev–Trinajstić information content (AvgIpc) is 3.59. The van der Waals surface area contributed by atoms with Gasteiger partial charge in [0.2, 0.25) is 0 Å². The quantitative estimate of drug-likeness (QED) is 0.215. The van der Waals surface area contributed by atoms with Gasteiger partial charge in [-0.15, -0.1) is 11.3 Å². The molecule has 2 N–H and O–H groups in total. The van der Waals surface area contributed by atoms with Crippen LogP contribution < -0.4 is 0 Å². The fourth-order valence-corrected chi connectivity index (χ4v) is 4.27. The molecule has 0 unspecified atom stereocenters. The highest BCUT2D eigenvalue weighted by molar-refractivity contribution is 7.09. The van der Waals surface area contributed by atoms with Gasteiger partial charge < -0.3 is 9.97 Å². The number of hydrogen-bond acceptors (Lipinski definition) is 4. The molecule has 0 amide bonds. The van der Waals surface area contributed by atoms with Crippen LogP contribution in [0.25, 0.3) is 0 Å². The third-order valence-electron chi connectivity index (χ3n) is 4.92. The van der Waals surface area contributed by atoms with Gasteiger partial charge in [-0.2, -0.15) is 0 Å². The number of imidazole rings is 2. The number of aromatic nitrogens is 5. The molecule has 4 aromatic rings. The minimum absolute atomic E-state index is 0. The average molecular weight is 588 g/mol.